The van der Waals surface area contributed by atoms with Crippen molar-refractivity contribution in [3.63, 3.8) is 0 Å². The second-order valence-electron chi connectivity index (χ2n) is 5.52. The molecule has 0 aliphatic carbocycles. The van der Waals surface area contributed by atoms with Crippen LogP contribution in [-0.2, 0) is 4.74 Å². The van der Waals surface area contributed by atoms with E-state index in [-0.39, 0.29) is 12.1 Å². The molecule has 0 aliphatic rings. The van der Waals surface area contributed by atoms with Gasteiger partial charge in [-0.05, 0) is 45.4 Å². The molecular formula is C14H21ClN2O2. The van der Waals surface area contributed by atoms with Gasteiger partial charge in [0, 0.05) is 17.1 Å². The highest BCUT2D eigenvalue weighted by Gasteiger charge is 2.21. The van der Waals surface area contributed by atoms with Gasteiger partial charge in [-0.2, -0.15) is 0 Å². The van der Waals surface area contributed by atoms with Gasteiger partial charge in [-0.25, -0.2) is 4.79 Å². The second-order valence-corrected chi connectivity index (χ2v) is 5.95. The Bertz CT molecular complexity index is 443. The molecule has 0 aliphatic heterocycles. The molecule has 1 amide bonds. The van der Waals surface area contributed by atoms with Crippen LogP contribution in [0.1, 0.15) is 39.3 Å². The van der Waals surface area contributed by atoms with E-state index >= 15 is 0 Å². The molecule has 0 radical (unpaired) electrons. The van der Waals surface area contributed by atoms with E-state index in [2.05, 4.69) is 5.32 Å². The van der Waals surface area contributed by atoms with Crippen molar-refractivity contribution in [2.45, 2.75) is 45.4 Å². The molecule has 3 N–H and O–H groups in total. The Hall–Kier alpha value is -1.26. The van der Waals surface area contributed by atoms with E-state index in [4.69, 9.17) is 22.1 Å². The molecule has 1 aromatic carbocycles. The van der Waals surface area contributed by atoms with Gasteiger partial charge in [0.1, 0.15) is 5.60 Å². The van der Waals surface area contributed by atoms with E-state index in [9.17, 15) is 4.79 Å². The summed E-state index contributed by atoms with van der Waals surface area (Å²) in [6, 6.07) is 6.68. The van der Waals surface area contributed by atoms with E-state index in [1.165, 1.54) is 0 Å². The van der Waals surface area contributed by atoms with Crippen molar-refractivity contribution in [2.75, 3.05) is 0 Å². The zero-order valence-corrected chi connectivity index (χ0v) is 12.5. The van der Waals surface area contributed by atoms with Gasteiger partial charge in [0.2, 0.25) is 0 Å². The van der Waals surface area contributed by atoms with Crippen molar-refractivity contribution in [1.82, 2.24) is 5.32 Å². The Kier molecular flexibility index (Phi) is 5.20. The number of hydrogen-bond donors (Lipinski definition) is 2. The largest absolute Gasteiger partial charge is 0.444 e. The number of halogens is 1. The summed E-state index contributed by atoms with van der Waals surface area (Å²) >= 11 is 5.92. The summed E-state index contributed by atoms with van der Waals surface area (Å²) in [7, 11) is 0. The van der Waals surface area contributed by atoms with Gasteiger partial charge in [-0.1, -0.05) is 23.7 Å². The van der Waals surface area contributed by atoms with Crippen molar-refractivity contribution >= 4 is 17.7 Å². The Morgan fingerprint density at radius 2 is 2.05 bits per heavy atom. The van der Waals surface area contributed by atoms with Crippen LogP contribution in [0.3, 0.4) is 0 Å². The number of carbonyl (C=O) groups is 1. The average molecular weight is 285 g/mol. The predicted octanol–water partition coefficient (Wildman–Crippen LogP) is 3.25. The summed E-state index contributed by atoms with van der Waals surface area (Å²) in [6.45, 7) is 7.27. The Labute approximate surface area is 119 Å². The molecule has 0 heterocycles. The number of nitrogens with one attached hydrogen (secondary N) is 1. The van der Waals surface area contributed by atoms with Crippen LogP contribution >= 0.6 is 11.6 Å². The molecule has 2 unspecified atom stereocenters. The molecule has 4 nitrogen and oxygen atoms in total. The first-order valence-corrected chi connectivity index (χ1v) is 6.57. The fourth-order valence-corrected chi connectivity index (χ4v) is 1.78. The molecule has 106 valence electrons. The number of hydrogen-bond acceptors (Lipinski definition) is 3. The predicted molar refractivity (Wildman–Crippen MR) is 77.2 cm³/mol. The van der Waals surface area contributed by atoms with Crippen LogP contribution in [0.15, 0.2) is 24.3 Å². The zero-order valence-electron chi connectivity index (χ0n) is 11.7. The van der Waals surface area contributed by atoms with Crippen LogP contribution < -0.4 is 11.1 Å². The average Bonchev–Trinajstić information content (AvgIpc) is 2.25. The van der Waals surface area contributed by atoms with E-state index in [0.29, 0.717) is 5.02 Å². The van der Waals surface area contributed by atoms with Gasteiger partial charge >= 0.3 is 6.09 Å². The molecule has 0 saturated heterocycles. The van der Waals surface area contributed by atoms with E-state index < -0.39 is 11.7 Å². The number of nitrogens with two attached hydrogens (primary N) is 1. The molecule has 0 aromatic heterocycles. The first-order chi connectivity index (χ1) is 8.69. The topological polar surface area (TPSA) is 64.3 Å². The molecule has 0 fully saturated rings. The van der Waals surface area contributed by atoms with Crippen LogP contribution in [0, 0.1) is 0 Å². The minimum Gasteiger partial charge on any atom is -0.444 e. The summed E-state index contributed by atoms with van der Waals surface area (Å²) in [4.78, 5) is 11.7. The first-order valence-electron chi connectivity index (χ1n) is 6.19. The summed E-state index contributed by atoms with van der Waals surface area (Å²) < 4.78 is 5.19. The lowest BCUT2D eigenvalue weighted by atomic mass is 10.0. The number of benzene rings is 1. The van der Waals surface area contributed by atoms with Crippen LogP contribution in [0.25, 0.3) is 0 Å². The maximum atomic E-state index is 11.7. The molecule has 0 saturated carbocycles. The van der Waals surface area contributed by atoms with Gasteiger partial charge in [-0.3, -0.25) is 0 Å². The van der Waals surface area contributed by atoms with Crippen LogP contribution in [0.2, 0.25) is 5.02 Å². The zero-order chi connectivity index (χ0) is 14.6. The molecule has 5 heteroatoms. The van der Waals surface area contributed by atoms with Crippen LogP contribution in [0.4, 0.5) is 4.79 Å². The summed E-state index contributed by atoms with van der Waals surface area (Å²) in [5, 5.41) is 3.35. The van der Waals surface area contributed by atoms with Crippen molar-refractivity contribution in [3.05, 3.63) is 34.9 Å². The van der Waals surface area contributed by atoms with Gasteiger partial charge < -0.3 is 15.8 Å². The number of ether oxygens (including phenoxy) is 1. The summed E-state index contributed by atoms with van der Waals surface area (Å²) in [6.07, 6.45) is -0.475. The minimum absolute atomic E-state index is 0.256. The Balaban J connectivity index is 2.63. The van der Waals surface area contributed by atoms with Crippen LogP contribution in [-0.4, -0.2) is 17.7 Å². The quantitative estimate of drug-likeness (QED) is 0.895. The fourth-order valence-electron chi connectivity index (χ4n) is 1.59. The molecule has 1 aromatic rings. The Morgan fingerprint density at radius 3 is 2.58 bits per heavy atom. The lowest BCUT2D eigenvalue weighted by molar-refractivity contribution is 0.0501. The van der Waals surface area contributed by atoms with E-state index in [1.807, 2.05) is 39.8 Å². The minimum atomic E-state index is -0.524. The van der Waals surface area contributed by atoms with Crippen molar-refractivity contribution in [3.8, 4) is 0 Å². The van der Waals surface area contributed by atoms with Crippen LogP contribution in [0.5, 0.6) is 0 Å². The molecule has 0 bridgehead atoms. The highest BCUT2D eigenvalue weighted by molar-refractivity contribution is 6.30. The normalized spacial score (nSPS) is 14.6. The van der Waals surface area contributed by atoms with E-state index in [0.717, 1.165) is 5.56 Å². The van der Waals surface area contributed by atoms with Crippen molar-refractivity contribution < 1.29 is 9.53 Å². The molecular weight excluding hydrogens is 264 g/mol. The molecule has 0 spiro atoms. The fraction of sp³-hybridized carbons (Fsp3) is 0.500. The van der Waals surface area contributed by atoms with Crippen molar-refractivity contribution in [2.24, 2.45) is 5.73 Å². The van der Waals surface area contributed by atoms with Gasteiger partial charge in [0.05, 0.1) is 0 Å². The second kappa shape index (κ2) is 6.26. The molecule has 2 atom stereocenters. The van der Waals surface area contributed by atoms with Gasteiger partial charge in [-0.15, -0.1) is 0 Å². The third-order valence-corrected chi connectivity index (χ3v) is 2.75. The van der Waals surface area contributed by atoms with E-state index in [1.54, 1.807) is 12.1 Å². The highest BCUT2D eigenvalue weighted by Crippen LogP contribution is 2.19. The smallest absolute Gasteiger partial charge is 0.407 e. The standard InChI is InChI=1S/C14H21ClN2O2/c1-9(17-13(18)19-14(2,3)4)12(16)10-6-5-7-11(15)8-10/h5-9,12H,16H2,1-4H3,(H,17,18). The third kappa shape index (κ3) is 5.49. The number of amides is 1. The monoisotopic (exact) mass is 284 g/mol. The SMILES string of the molecule is CC(NC(=O)OC(C)(C)C)C(N)c1cccc(Cl)c1. The number of alkyl carbamates (subject to hydrolysis) is 1. The Morgan fingerprint density at radius 1 is 1.42 bits per heavy atom. The van der Waals surface area contributed by atoms with Crippen molar-refractivity contribution in [1.29, 1.82) is 0 Å². The summed E-state index contributed by atoms with van der Waals surface area (Å²) in [5.74, 6) is 0. The van der Waals surface area contributed by atoms with Gasteiger partial charge in [0.15, 0.2) is 0 Å². The van der Waals surface area contributed by atoms with Gasteiger partial charge in [0.25, 0.3) is 0 Å². The highest BCUT2D eigenvalue weighted by atomic mass is 35.5. The maximum Gasteiger partial charge on any atom is 0.407 e. The lowest BCUT2D eigenvalue weighted by Gasteiger charge is -2.25. The summed E-state index contributed by atoms with van der Waals surface area (Å²) in [5.41, 5.74) is 6.44. The number of rotatable bonds is 3. The molecule has 1 rings (SSSR count). The maximum absolute atomic E-state index is 11.7. The lowest BCUT2D eigenvalue weighted by Crippen LogP contribution is -2.43. The third-order valence-electron chi connectivity index (χ3n) is 2.52. The first kappa shape index (κ1) is 15.8. The number of carbonyl (C=O) groups excluding carboxylic acids is 1. The molecule has 19 heavy (non-hydrogen) atoms.